The standard InChI is InChI=1S/C21H23N5O/c1-4-14-6-7-17-21(26(3)13-24-17)9-19(14)25-20-11-23-18(8-15(20)5-2)16(10-22)12-27/h7-9,11-14,16H,4-6H2,1-3H3. The Bertz CT molecular complexity index is 1040. The lowest BCUT2D eigenvalue weighted by Crippen LogP contribution is -2.29. The Morgan fingerprint density at radius 1 is 1.44 bits per heavy atom. The molecule has 0 fully saturated rings. The van der Waals surface area contributed by atoms with Crippen molar-refractivity contribution in [2.45, 2.75) is 39.0 Å². The largest absolute Gasteiger partial charge is 0.334 e. The van der Waals surface area contributed by atoms with Crippen LogP contribution in [0.15, 0.2) is 23.6 Å². The van der Waals surface area contributed by atoms with Gasteiger partial charge in [0.2, 0.25) is 0 Å². The summed E-state index contributed by atoms with van der Waals surface area (Å²) in [7, 11) is 1.98. The maximum atomic E-state index is 11.1. The van der Waals surface area contributed by atoms with Gasteiger partial charge in [-0.3, -0.25) is 9.98 Å². The Balaban J connectivity index is 2.12. The van der Waals surface area contributed by atoms with E-state index < -0.39 is 5.92 Å². The molecule has 138 valence electrons. The molecule has 0 bridgehead atoms. The fourth-order valence-corrected chi connectivity index (χ4v) is 3.29. The van der Waals surface area contributed by atoms with Crippen LogP contribution in [0.5, 0.6) is 0 Å². The number of aliphatic imine (C=N–C) groups is 1. The molecule has 2 heterocycles. The number of carbonyl (C=O) groups excluding carboxylic acids is 1. The van der Waals surface area contributed by atoms with Gasteiger partial charge in [-0.25, -0.2) is 4.98 Å². The lowest BCUT2D eigenvalue weighted by atomic mass is 9.96. The molecule has 0 spiro atoms. The smallest absolute Gasteiger partial charge is 0.144 e. The third kappa shape index (κ3) is 3.72. The number of aldehydes is 1. The van der Waals surface area contributed by atoms with Crippen molar-refractivity contribution in [3.05, 3.63) is 40.5 Å². The number of aryl methyl sites for hydroxylation is 2. The average molecular weight is 361 g/mol. The molecule has 2 aromatic heterocycles. The summed E-state index contributed by atoms with van der Waals surface area (Å²) in [6, 6.07) is 3.79. The van der Waals surface area contributed by atoms with E-state index in [2.05, 4.69) is 29.0 Å². The van der Waals surface area contributed by atoms with Crippen LogP contribution >= 0.6 is 0 Å². The van der Waals surface area contributed by atoms with Crippen LogP contribution in [0.3, 0.4) is 0 Å². The third-order valence-electron chi connectivity index (χ3n) is 5.02. The van der Waals surface area contributed by atoms with Crippen molar-refractivity contribution < 1.29 is 4.79 Å². The summed E-state index contributed by atoms with van der Waals surface area (Å²) in [6.45, 7) is 4.20. The van der Waals surface area contributed by atoms with E-state index in [9.17, 15) is 4.79 Å². The lowest BCUT2D eigenvalue weighted by Gasteiger charge is -2.14. The Kier molecular flexibility index (Phi) is 5.60. The highest BCUT2D eigenvalue weighted by Gasteiger charge is 2.17. The molecular weight excluding hydrogens is 338 g/mol. The molecule has 2 atom stereocenters. The molecule has 0 radical (unpaired) electrons. The molecule has 0 N–H and O–H groups in total. The summed E-state index contributed by atoms with van der Waals surface area (Å²) in [5, 5.41) is 11.2. The van der Waals surface area contributed by atoms with Crippen molar-refractivity contribution in [2.24, 2.45) is 18.0 Å². The van der Waals surface area contributed by atoms with Gasteiger partial charge in [0.15, 0.2) is 0 Å². The predicted molar refractivity (Wildman–Crippen MR) is 105 cm³/mol. The van der Waals surface area contributed by atoms with E-state index in [1.165, 1.54) is 0 Å². The first-order valence-electron chi connectivity index (χ1n) is 9.22. The highest BCUT2D eigenvalue weighted by Crippen LogP contribution is 2.25. The normalized spacial score (nSPS) is 18.6. The van der Waals surface area contributed by atoms with Crippen molar-refractivity contribution in [1.29, 1.82) is 5.26 Å². The predicted octanol–water partition coefficient (Wildman–Crippen LogP) is 1.95. The first-order chi connectivity index (χ1) is 13.1. The number of aromatic nitrogens is 3. The lowest BCUT2D eigenvalue weighted by molar-refractivity contribution is -0.108. The van der Waals surface area contributed by atoms with E-state index in [1.807, 2.05) is 37.0 Å². The first kappa shape index (κ1) is 18.7. The summed E-state index contributed by atoms with van der Waals surface area (Å²) in [5.41, 5.74) is 3.26. The fraction of sp³-hybridized carbons (Fsp3) is 0.381. The second-order valence-electron chi connectivity index (χ2n) is 6.69. The van der Waals surface area contributed by atoms with Crippen molar-refractivity contribution in [3.8, 4) is 6.07 Å². The Hall–Kier alpha value is -3.07. The number of nitrogens with zero attached hydrogens (tertiary/aromatic N) is 5. The van der Waals surface area contributed by atoms with E-state index in [-0.39, 0.29) is 0 Å². The topological polar surface area (TPSA) is 83.9 Å². The van der Waals surface area contributed by atoms with Crippen LogP contribution in [0.2, 0.25) is 0 Å². The van der Waals surface area contributed by atoms with E-state index in [0.717, 1.165) is 46.9 Å². The monoisotopic (exact) mass is 361 g/mol. The van der Waals surface area contributed by atoms with Gasteiger partial charge in [0, 0.05) is 18.7 Å². The molecule has 3 rings (SSSR count). The number of carbonyl (C=O) groups is 1. The minimum absolute atomic E-state index is 0.311. The van der Waals surface area contributed by atoms with Crippen LogP contribution in [-0.2, 0) is 18.3 Å². The Morgan fingerprint density at radius 2 is 2.26 bits per heavy atom. The van der Waals surface area contributed by atoms with Crippen LogP contribution in [-0.4, -0.2) is 26.5 Å². The molecule has 2 unspecified atom stereocenters. The molecule has 0 saturated carbocycles. The number of fused-ring (bicyclic) bond motifs is 1. The van der Waals surface area contributed by atoms with Gasteiger partial charge in [-0.05, 0) is 37.0 Å². The van der Waals surface area contributed by atoms with Crippen LogP contribution in [0.4, 0.5) is 5.69 Å². The third-order valence-corrected chi connectivity index (χ3v) is 5.02. The Morgan fingerprint density at radius 3 is 2.93 bits per heavy atom. The molecule has 2 aromatic rings. The van der Waals surface area contributed by atoms with Crippen molar-refractivity contribution in [2.75, 3.05) is 0 Å². The minimum Gasteiger partial charge on any atom is -0.334 e. The molecule has 0 saturated heterocycles. The minimum atomic E-state index is -0.837. The molecule has 6 heteroatoms. The van der Waals surface area contributed by atoms with Gasteiger partial charge in [0.25, 0.3) is 0 Å². The SMILES string of the molecule is CCc1cc(C(C#N)C=O)ncc1N=C1C=c2c(ncn2C)=CCC1CC. The van der Waals surface area contributed by atoms with Gasteiger partial charge in [-0.2, -0.15) is 5.26 Å². The molecule has 1 aliphatic carbocycles. The summed E-state index contributed by atoms with van der Waals surface area (Å²) < 4.78 is 2.00. The molecular formula is C21H23N5O. The van der Waals surface area contributed by atoms with E-state index in [4.69, 9.17) is 10.3 Å². The number of pyridine rings is 1. The maximum absolute atomic E-state index is 11.1. The zero-order chi connectivity index (χ0) is 19.4. The number of nitriles is 1. The van der Waals surface area contributed by atoms with Gasteiger partial charge in [0.1, 0.15) is 12.2 Å². The summed E-state index contributed by atoms with van der Waals surface area (Å²) >= 11 is 0. The highest BCUT2D eigenvalue weighted by molar-refractivity contribution is 6.13. The highest BCUT2D eigenvalue weighted by atomic mass is 16.1. The number of hydrogen-bond donors (Lipinski definition) is 0. The van der Waals surface area contributed by atoms with Gasteiger partial charge in [-0.1, -0.05) is 19.9 Å². The van der Waals surface area contributed by atoms with E-state index in [1.54, 1.807) is 6.20 Å². The average Bonchev–Trinajstić information content (AvgIpc) is 2.93. The van der Waals surface area contributed by atoms with Crippen LogP contribution < -0.4 is 10.7 Å². The van der Waals surface area contributed by atoms with Crippen LogP contribution in [0.1, 0.15) is 43.9 Å². The van der Waals surface area contributed by atoms with E-state index in [0.29, 0.717) is 17.9 Å². The van der Waals surface area contributed by atoms with Gasteiger partial charge < -0.3 is 9.36 Å². The van der Waals surface area contributed by atoms with E-state index >= 15 is 0 Å². The second-order valence-corrected chi connectivity index (χ2v) is 6.69. The quantitative estimate of drug-likeness (QED) is 0.762. The summed E-state index contributed by atoms with van der Waals surface area (Å²) in [6.07, 6.45) is 11.0. The van der Waals surface area contributed by atoms with Crippen LogP contribution in [0.25, 0.3) is 12.2 Å². The molecule has 0 aromatic carbocycles. The van der Waals surface area contributed by atoms with Gasteiger partial charge in [-0.15, -0.1) is 0 Å². The first-order valence-corrected chi connectivity index (χ1v) is 9.22. The molecule has 6 nitrogen and oxygen atoms in total. The van der Waals surface area contributed by atoms with Gasteiger partial charge >= 0.3 is 0 Å². The molecule has 0 aliphatic heterocycles. The zero-order valence-corrected chi connectivity index (χ0v) is 15.9. The van der Waals surface area contributed by atoms with Crippen molar-refractivity contribution in [3.63, 3.8) is 0 Å². The summed E-state index contributed by atoms with van der Waals surface area (Å²) in [4.78, 5) is 24.8. The molecule has 0 amide bonds. The maximum Gasteiger partial charge on any atom is 0.144 e. The molecule has 1 aliphatic rings. The molecule has 27 heavy (non-hydrogen) atoms. The van der Waals surface area contributed by atoms with Gasteiger partial charge in [0.05, 0.1) is 40.7 Å². The van der Waals surface area contributed by atoms with Crippen molar-refractivity contribution in [1.82, 2.24) is 14.5 Å². The number of rotatable bonds is 5. The Labute approximate surface area is 158 Å². The number of hydrogen-bond acceptors (Lipinski definition) is 5. The van der Waals surface area contributed by atoms with Crippen molar-refractivity contribution >= 4 is 29.8 Å². The van der Waals surface area contributed by atoms with Crippen LogP contribution in [0, 0.1) is 17.2 Å². The number of imidazole rings is 1. The zero-order valence-electron chi connectivity index (χ0n) is 15.9. The second kappa shape index (κ2) is 8.09. The fourth-order valence-electron chi connectivity index (χ4n) is 3.29. The summed E-state index contributed by atoms with van der Waals surface area (Å²) in [5.74, 6) is -0.526.